The summed E-state index contributed by atoms with van der Waals surface area (Å²) < 4.78 is 5.41. The summed E-state index contributed by atoms with van der Waals surface area (Å²) in [5.41, 5.74) is 6.19. The first-order valence-electron chi connectivity index (χ1n) is 3.98. The second-order valence-corrected chi connectivity index (χ2v) is 3.78. The minimum Gasteiger partial charge on any atom is -0.462 e. The van der Waals surface area contributed by atoms with E-state index < -0.39 is 5.97 Å². The van der Waals surface area contributed by atoms with Crippen molar-refractivity contribution < 1.29 is 9.53 Å². The lowest BCUT2D eigenvalue weighted by Crippen LogP contribution is -2.07. The molecular formula is C9H9BrClNO2. The van der Waals surface area contributed by atoms with E-state index in [1.54, 1.807) is 19.1 Å². The lowest BCUT2D eigenvalue weighted by atomic mass is 10.2. The molecule has 5 heteroatoms. The van der Waals surface area contributed by atoms with Gasteiger partial charge in [0.1, 0.15) is 0 Å². The number of esters is 1. The van der Waals surface area contributed by atoms with Gasteiger partial charge in [-0.15, -0.1) is 0 Å². The van der Waals surface area contributed by atoms with Crippen molar-refractivity contribution in [1.82, 2.24) is 0 Å². The first-order chi connectivity index (χ1) is 6.57. The average molecular weight is 279 g/mol. The zero-order chi connectivity index (χ0) is 10.7. The number of halogens is 2. The Hall–Kier alpha value is -0.740. The van der Waals surface area contributed by atoms with Gasteiger partial charge in [0.05, 0.1) is 22.9 Å². The summed E-state index contributed by atoms with van der Waals surface area (Å²) in [6.07, 6.45) is 0. The van der Waals surface area contributed by atoms with Crippen LogP contribution < -0.4 is 5.73 Å². The van der Waals surface area contributed by atoms with E-state index in [1.807, 2.05) is 0 Å². The SMILES string of the molecule is CCOC(=O)c1c(Br)ccc(N)c1Cl. The molecule has 0 aliphatic carbocycles. The molecular weight excluding hydrogens is 269 g/mol. The number of nitrogen functional groups attached to an aromatic ring is 1. The fraction of sp³-hybridized carbons (Fsp3) is 0.222. The normalized spacial score (nSPS) is 9.93. The molecule has 0 unspecified atom stereocenters. The van der Waals surface area contributed by atoms with E-state index in [4.69, 9.17) is 22.1 Å². The predicted octanol–water partition coefficient (Wildman–Crippen LogP) is 2.86. The fourth-order valence-electron chi connectivity index (χ4n) is 0.959. The largest absolute Gasteiger partial charge is 0.462 e. The Balaban J connectivity index is 3.18. The summed E-state index contributed by atoms with van der Waals surface area (Å²) in [6.45, 7) is 2.03. The van der Waals surface area contributed by atoms with Gasteiger partial charge >= 0.3 is 5.97 Å². The van der Waals surface area contributed by atoms with Gasteiger partial charge in [-0.2, -0.15) is 0 Å². The first kappa shape index (κ1) is 11.3. The van der Waals surface area contributed by atoms with Gasteiger partial charge in [0.15, 0.2) is 0 Å². The van der Waals surface area contributed by atoms with E-state index in [1.165, 1.54) is 0 Å². The molecule has 0 amide bonds. The van der Waals surface area contributed by atoms with E-state index in [-0.39, 0.29) is 10.6 Å². The molecule has 0 spiro atoms. The molecule has 1 rings (SSSR count). The van der Waals surface area contributed by atoms with Crippen molar-refractivity contribution in [2.45, 2.75) is 6.92 Å². The topological polar surface area (TPSA) is 52.3 Å². The van der Waals surface area contributed by atoms with Gasteiger partial charge in [-0.05, 0) is 35.0 Å². The van der Waals surface area contributed by atoms with Crippen LogP contribution in [-0.2, 0) is 4.74 Å². The molecule has 0 aliphatic rings. The molecule has 14 heavy (non-hydrogen) atoms. The van der Waals surface area contributed by atoms with Gasteiger partial charge in [0.2, 0.25) is 0 Å². The second kappa shape index (κ2) is 4.66. The molecule has 0 aromatic heterocycles. The van der Waals surface area contributed by atoms with Crippen molar-refractivity contribution in [3.63, 3.8) is 0 Å². The Labute approximate surface area is 95.3 Å². The Morgan fingerprint density at radius 2 is 2.29 bits per heavy atom. The number of rotatable bonds is 2. The fourth-order valence-corrected chi connectivity index (χ4v) is 1.81. The molecule has 0 heterocycles. The van der Waals surface area contributed by atoms with Crippen LogP contribution in [0.4, 0.5) is 5.69 Å². The highest BCUT2D eigenvalue weighted by Crippen LogP contribution is 2.30. The monoisotopic (exact) mass is 277 g/mol. The number of benzene rings is 1. The number of nitrogens with two attached hydrogens (primary N) is 1. The van der Waals surface area contributed by atoms with Gasteiger partial charge in [0, 0.05) is 4.47 Å². The molecule has 1 aromatic carbocycles. The number of carbonyl (C=O) groups is 1. The summed E-state index contributed by atoms with van der Waals surface area (Å²) in [4.78, 5) is 11.4. The third kappa shape index (κ3) is 2.19. The van der Waals surface area contributed by atoms with Gasteiger partial charge in [0.25, 0.3) is 0 Å². The van der Waals surface area contributed by atoms with Crippen LogP contribution in [0.25, 0.3) is 0 Å². The maximum absolute atomic E-state index is 11.4. The summed E-state index contributed by atoms with van der Waals surface area (Å²) in [6, 6.07) is 3.28. The van der Waals surface area contributed by atoms with Crippen LogP contribution in [0.1, 0.15) is 17.3 Å². The lowest BCUT2D eigenvalue weighted by molar-refractivity contribution is 0.0525. The second-order valence-electron chi connectivity index (χ2n) is 2.55. The van der Waals surface area contributed by atoms with E-state index in [0.717, 1.165) is 0 Å². The molecule has 1 aromatic rings. The Morgan fingerprint density at radius 3 is 2.86 bits per heavy atom. The van der Waals surface area contributed by atoms with Crippen LogP contribution in [-0.4, -0.2) is 12.6 Å². The smallest absolute Gasteiger partial charge is 0.340 e. The molecule has 0 saturated carbocycles. The molecule has 3 nitrogen and oxygen atoms in total. The van der Waals surface area contributed by atoms with Crippen LogP contribution >= 0.6 is 27.5 Å². The summed E-state index contributed by atoms with van der Waals surface area (Å²) in [5.74, 6) is -0.475. The predicted molar refractivity (Wildman–Crippen MR) is 59.5 cm³/mol. The molecule has 2 N–H and O–H groups in total. The molecule has 0 radical (unpaired) electrons. The number of hydrogen-bond donors (Lipinski definition) is 1. The van der Waals surface area contributed by atoms with Crippen LogP contribution in [0.15, 0.2) is 16.6 Å². The van der Waals surface area contributed by atoms with Crippen molar-refractivity contribution in [2.75, 3.05) is 12.3 Å². The van der Waals surface area contributed by atoms with Crippen LogP contribution in [0.3, 0.4) is 0 Å². The van der Waals surface area contributed by atoms with Crippen molar-refractivity contribution >= 4 is 39.2 Å². The Bertz CT molecular complexity index is 368. The lowest BCUT2D eigenvalue weighted by Gasteiger charge is -2.07. The first-order valence-corrected chi connectivity index (χ1v) is 5.15. The minimum absolute atomic E-state index is 0.220. The quantitative estimate of drug-likeness (QED) is 0.668. The van der Waals surface area contributed by atoms with E-state index in [9.17, 15) is 4.79 Å². The highest BCUT2D eigenvalue weighted by atomic mass is 79.9. The summed E-state index contributed by atoms with van der Waals surface area (Å²) in [7, 11) is 0. The molecule has 0 atom stereocenters. The maximum atomic E-state index is 11.4. The molecule has 0 aliphatic heterocycles. The molecule has 0 fully saturated rings. The van der Waals surface area contributed by atoms with Gasteiger partial charge < -0.3 is 10.5 Å². The zero-order valence-corrected chi connectivity index (χ0v) is 9.85. The zero-order valence-electron chi connectivity index (χ0n) is 7.51. The molecule has 76 valence electrons. The Kier molecular flexibility index (Phi) is 3.77. The number of hydrogen-bond acceptors (Lipinski definition) is 3. The molecule has 0 saturated heterocycles. The van der Waals surface area contributed by atoms with Crippen LogP contribution in [0.2, 0.25) is 5.02 Å². The highest BCUT2D eigenvalue weighted by molar-refractivity contribution is 9.10. The average Bonchev–Trinajstić information content (AvgIpc) is 2.13. The summed E-state index contributed by atoms with van der Waals surface area (Å²) in [5, 5.41) is 0.220. The van der Waals surface area contributed by atoms with Crippen molar-refractivity contribution in [3.05, 3.63) is 27.2 Å². The molecule has 0 bridgehead atoms. The van der Waals surface area contributed by atoms with Crippen molar-refractivity contribution in [2.24, 2.45) is 0 Å². The van der Waals surface area contributed by atoms with E-state index >= 15 is 0 Å². The summed E-state index contributed by atoms with van der Waals surface area (Å²) >= 11 is 9.08. The number of ether oxygens (including phenoxy) is 1. The third-order valence-electron chi connectivity index (χ3n) is 1.60. The Morgan fingerprint density at radius 1 is 1.64 bits per heavy atom. The van der Waals surface area contributed by atoms with Gasteiger partial charge in [-0.3, -0.25) is 0 Å². The number of carbonyl (C=O) groups excluding carboxylic acids is 1. The van der Waals surface area contributed by atoms with Gasteiger partial charge in [-0.25, -0.2) is 4.79 Å². The number of anilines is 1. The van der Waals surface area contributed by atoms with Crippen LogP contribution in [0.5, 0.6) is 0 Å². The van der Waals surface area contributed by atoms with E-state index in [2.05, 4.69) is 15.9 Å². The standard InChI is InChI=1S/C9H9BrClNO2/c1-2-14-9(13)7-5(10)3-4-6(12)8(7)11/h3-4H,2,12H2,1H3. The van der Waals surface area contributed by atoms with Crippen molar-refractivity contribution in [3.8, 4) is 0 Å². The van der Waals surface area contributed by atoms with Crippen LogP contribution in [0, 0.1) is 0 Å². The third-order valence-corrected chi connectivity index (χ3v) is 2.67. The minimum atomic E-state index is -0.475. The van der Waals surface area contributed by atoms with E-state index in [0.29, 0.717) is 16.8 Å². The highest BCUT2D eigenvalue weighted by Gasteiger charge is 2.17. The van der Waals surface area contributed by atoms with Gasteiger partial charge in [-0.1, -0.05) is 11.6 Å². The van der Waals surface area contributed by atoms with Crippen molar-refractivity contribution in [1.29, 1.82) is 0 Å². The maximum Gasteiger partial charge on any atom is 0.340 e.